The van der Waals surface area contributed by atoms with Crippen molar-refractivity contribution >= 4 is 11.8 Å². The van der Waals surface area contributed by atoms with Gasteiger partial charge in [-0.3, -0.25) is 14.6 Å². The number of halogens is 1. The fourth-order valence-electron chi connectivity index (χ4n) is 2.78. The van der Waals surface area contributed by atoms with E-state index in [1.165, 1.54) is 17.2 Å². The van der Waals surface area contributed by atoms with Gasteiger partial charge >= 0.3 is 0 Å². The van der Waals surface area contributed by atoms with Gasteiger partial charge in [-0.05, 0) is 26.3 Å². The number of rotatable bonds is 4. The Kier molecular flexibility index (Phi) is 5.07. The van der Waals surface area contributed by atoms with Gasteiger partial charge in [0.1, 0.15) is 6.04 Å². The van der Waals surface area contributed by atoms with E-state index in [0.29, 0.717) is 19.5 Å². The average Bonchev–Trinajstić information content (AvgIpc) is 2.90. The lowest BCUT2D eigenvalue weighted by atomic mass is 10.1. The summed E-state index contributed by atoms with van der Waals surface area (Å²) in [6.07, 6.45) is 2.74. The lowest BCUT2D eigenvalue weighted by molar-refractivity contribution is -0.134. The van der Waals surface area contributed by atoms with Crippen LogP contribution < -0.4 is 5.73 Å². The number of carbonyl (C=O) groups is 2. The highest BCUT2D eigenvalue weighted by molar-refractivity contribution is 5.98. The van der Waals surface area contributed by atoms with Gasteiger partial charge in [-0.25, -0.2) is 4.39 Å². The van der Waals surface area contributed by atoms with Crippen molar-refractivity contribution in [1.82, 2.24) is 14.8 Å². The molecule has 0 radical (unpaired) electrons. The second-order valence-electron chi connectivity index (χ2n) is 5.34. The fraction of sp³-hybridized carbons (Fsp3) is 0.533. The summed E-state index contributed by atoms with van der Waals surface area (Å²) in [6, 6.07) is 0.411. The number of nitrogens with zero attached hydrogens (tertiary/aromatic N) is 3. The second kappa shape index (κ2) is 6.83. The molecule has 2 N–H and O–H groups in total. The summed E-state index contributed by atoms with van der Waals surface area (Å²) in [5.74, 6) is -1.35. The first kappa shape index (κ1) is 16.4. The Morgan fingerprint density at radius 2 is 2.14 bits per heavy atom. The molecule has 0 saturated carbocycles. The Morgan fingerprint density at radius 3 is 2.73 bits per heavy atom. The SMILES string of the molecule is CCN(CC)C(=O)[C@@H]1C[C@@H](N)CN1C(=O)c1ccncc1F. The van der Waals surface area contributed by atoms with E-state index >= 15 is 0 Å². The number of pyridine rings is 1. The molecule has 1 fully saturated rings. The van der Waals surface area contributed by atoms with Gasteiger partial charge in [0.15, 0.2) is 5.82 Å². The summed E-state index contributed by atoms with van der Waals surface area (Å²) in [4.78, 5) is 31.8. The number of nitrogens with two attached hydrogens (primary N) is 1. The van der Waals surface area contributed by atoms with Gasteiger partial charge < -0.3 is 15.5 Å². The normalized spacial score (nSPS) is 21.0. The van der Waals surface area contributed by atoms with Crippen LogP contribution in [0.4, 0.5) is 4.39 Å². The lowest BCUT2D eigenvalue weighted by Gasteiger charge is -2.29. The molecule has 0 bridgehead atoms. The third kappa shape index (κ3) is 3.09. The summed E-state index contributed by atoms with van der Waals surface area (Å²) >= 11 is 0. The summed E-state index contributed by atoms with van der Waals surface area (Å²) in [5.41, 5.74) is 5.84. The maximum absolute atomic E-state index is 13.8. The van der Waals surface area contributed by atoms with Crippen molar-refractivity contribution in [2.45, 2.75) is 32.4 Å². The topological polar surface area (TPSA) is 79.5 Å². The summed E-state index contributed by atoms with van der Waals surface area (Å²) in [6.45, 7) is 5.13. The highest BCUT2D eigenvalue weighted by atomic mass is 19.1. The van der Waals surface area contributed by atoms with Gasteiger partial charge in [0.25, 0.3) is 5.91 Å². The molecule has 2 amide bonds. The van der Waals surface area contributed by atoms with Crippen molar-refractivity contribution in [1.29, 1.82) is 0 Å². The molecule has 0 spiro atoms. The van der Waals surface area contributed by atoms with E-state index in [4.69, 9.17) is 5.73 Å². The van der Waals surface area contributed by atoms with Crippen LogP contribution >= 0.6 is 0 Å². The largest absolute Gasteiger partial charge is 0.341 e. The molecule has 2 heterocycles. The minimum atomic E-state index is -0.693. The van der Waals surface area contributed by atoms with Crippen molar-refractivity contribution in [3.63, 3.8) is 0 Å². The number of carbonyl (C=O) groups excluding carboxylic acids is 2. The van der Waals surface area contributed by atoms with Crippen LogP contribution in [0.5, 0.6) is 0 Å². The van der Waals surface area contributed by atoms with Gasteiger partial charge in [-0.1, -0.05) is 0 Å². The van der Waals surface area contributed by atoms with E-state index in [-0.39, 0.29) is 24.1 Å². The maximum Gasteiger partial charge on any atom is 0.257 e. The molecule has 22 heavy (non-hydrogen) atoms. The van der Waals surface area contributed by atoms with Crippen molar-refractivity contribution in [3.05, 3.63) is 29.8 Å². The van der Waals surface area contributed by atoms with Crippen molar-refractivity contribution < 1.29 is 14.0 Å². The Bertz CT molecular complexity index is 562. The number of likely N-dealkylation sites (tertiary alicyclic amines) is 1. The van der Waals surface area contributed by atoms with E-state index in [1.54, 1.807) is 4.90 Å². The molecule has 6 nitrogen and oxygen atoms in total. The Labute approximate surface area is 129 Å². The quantitative estimate of drug-likeness (QED) is 0.885. The molecule has 1 aromatic rings. The van der Waals surface area contributed by atoms with Crippen LogP contribution in [-0.2, 0) is 4.79 Å². The van der Waals surface area contributed by atoms with Crippen LogP contribution in [0.2, 0.25) is 0 Å². The molecule has 0 aromatic carbocycles. The van der Waals surface area contributed by atoms with Crippen LogP contribution in [0.25, 0.3) is 0 Å². The number of hydrogen-bond acceptors (Lipinski definition) is 4. The highest BCUT2D eigenvalue weighted by Crippen LogP contribution is 2.22. The molecule has 0 unspecified atom stereocenters. The molecule has 120 valence electrons. The molecule has 7 heteroatoms. The molecule has 1 saturated heterocycles. The first-order chi connectivity index (χ1) is 10.5. The van der Waals surface area contributed by atoms with Gasteiger partial charge in [-0.2, -0.15) is 0 Å². The van der Waals surface area contributed by atoms with E-state index < -0.39 is 17.8 Å². The van der Waals surface area contributed by atoms with Gasteiger partial charge in [-0.15, -0.1) is 0 Å². The van der Waals surface area contributed by atoms with Crippen molar-refractivity contribution in [2.24, 2.45) is 5.73 Å². The maximum atomic E-state index is 13.8. The first-order valence-electron chi connectivity index (χ1n) is 7.44. The van der Waals surface area contributed by atoms with E-state index in [1.807, 2.05) is 13.8 Å². The monoisotopic (exact) mass is 308 g/mol. The number of aromatic nitrogens is 1. The van der Waals surface area contributed by atoms with Crippen LogP contribution in [0.3, 0.4) is 0 Å². The Balaban J connectivity index is 2.26. The molecule has 2 rings (SSSR count). The highest BCUT2D eigenvalue weighted by Gasteiger charge is 2.40. The van der Waals surface area contributed by atoms with E-state index in [0.717, 1.165) is 6.20 Å². The summed E-state index contributed by atoms with van der Waals surface area (Å²) < 4.78 is 13.8. The zero-order valence-electron chi connectivity index (χ0n) is 12.8. The average molecular weight is 308 g/mol. The van der Waals surface area contributed by atoms with Crippen molar-refractivity contribution in [3.8, 4) is 0 Å². The Hall–Kier alpha value is -2.02. The molecule has 2 atom stereocenters. The molecular formula is C15H21FN4O2. The minimum Gasteiger partial charge on any atom is -0.341 e. The van der Waals surface area contributed by atoms with Crippen LogP contribution in [0.1, 0.15) is 30.6 Å². The molecule has 1 aromatic heterocycles. The fourth-order valence-corrected chi connectivity index (χ4v) is 2.78. The third-order valence-corrected chi connectivity index (χ3v) is 3.96. The molecule has 1 aliphatic heterocycles. The lowest BCUT2D eigenvalue weighted by Crippen LogP contribution is -2.47. The predicted molar refractivity (Wildman–Crippen MR) is 79.5 cm³/mol. The third-order valence-electron chi connectivity index (χ3n) is 3.96. The van der Waals surface area contributed by atoms with Gasteiger partial charge in [0.05, 0.1) is 11.8 Å². The van der Waals surface area contributed by atoms with Crippen LogP contribution in [0.15, 0.2) is 18.5 Å². The molecular weight excluding hydrogens is 287 g/mol. The van der Waals surface area contributed by atoms with Crippen molar-refractivity contribution in [2.75, 3.05) is 19.6 Å². The van der Waals surface area contributed by atoms with Gasteiger partial charge in [0, 0.05) is 31.9 Å². The number of hydrogen-bond donors (Lipinski definition) is 1. The van der Waals surface area contributed by atoms with Gasteiger partial charge in [0.2, 0.25) is 5.91 Å². The zero-order valence-corrected chi connectivity index (χ0v) is 12.8. The van der Waals surface area contributed by atoms with Crippen LogP contribution in [0, 0.1) is 5.82 Å². The smallest absolute Gasteiger partial charge is 0.257 e. The summed E-state index contributed by atoms with van der Waals surface area (Å²) in [7, 11) is 0. The Morgan fingerprint density at radius 1 is 1.45 bits per heavy atom. The van der Waals surface area contributed by atoms with E-state index in [9.17, 15) is 14.0 Å². The zero-order chi connectivity index (χ0) is 16.3. The predicted octanol–water partition coefficient (Wildman–Crippen LogP) is 0.631. The first-order valence-corrected chi connectivity index (χ1v) is 7.44. The molecule has 0 aliphatic carbocycles. The van der Waals surface area contributed by atoms with E-state index in [2.05, 4.69) is 4.98 Å². The molecule has 1 aliphatic rings. The standard InChI is InChI=1S/C15H21FN4O2/c1-3-19(4-2)15(22)13-7-10(17)9-20(13)14(21)11-5-6-18-8-12(11)16/h5-6,8,10,13H,3-4,7,9,17H2,1-2H3/t10-,13+/m1/s1. The minimum absolute atomic E-state index is 0.0820. The number of likely N-dealkylation sites (N-methyl/N-ethyl adjacent to an activating group) is 1. The number of amides is 2. The second-order valence-corrected chi connectivity index (χ2v) is 5.34. The van der Waals surface area contributed by atoms with Crippen LogP contribution in [-0.4, -0.2) is 58.3 Å². The summed E-state index contributed by atoms with van der Waals surface area (Å²) in [5, 5.41) is 0.